The summed E-state index contributed by atoms with van der Waals surface area (Å²) >= 11 is 0. The minimum absolute atomic E-state index is 0.00102. The van der Waals surface area contributed by atoms with Crippen LogP contribution in [0.1, 0.15) is 130 Å². The number of carboxylic acid groups (broad SMARTS) is 2. The molecule has 0 radical (unpaired) electrons. The van der Waals surface area contributed by atoms with Gasteiger partial charge in [0.2, 0.25) is 29.5 Å². The number of carboxylic acids is 2. The highest BCUT2D eigenvalue weighted by molar-refractivity contribution is 5.86. The highest BCUT2D eigenvalue weighted by Gasteiger charge is 2.35. The lowest BCUT2D eigenvalue weighted by Gasteiger charge is -2.33. The van der Waals surface area contributed by atoms with Gasteiger partial charge in [0.15, 0.2) is 0 Å². The van der Waals surface area contributed by atoms with E-state index in [-0.39, 0.29) is 79.5 Å². The van der Waals surface area contributed by atoms with Gasteiger partial charge in [-0.05, 0) is 68.4 Å². The molecule has 1 aromatic heterocycles. The van der Waals surface area contributed by atoms with E-state index in [2.05, 4.69) is 31.6 Å². The van der Waals surface area contributed by atoms with Crippen LogP contribution in [0, 0.1) is 23.7 Å². The molecule has 16 heteroatoms. The summed E-state index contributed by atoms with van der Waals surface area (Å²) in [4.78, 5) is 93.6. The van der Waals surface area contributed by atoms with Crippen LogP contribution in [-0.2, 0) is 40.0 Å². The van der Waals surface area contributed by atoms with E-state index in [1.54, 1.807) is 0 Å². The Morgan fingerprint density at radius 2 is 1.33 bits per heavy atom. The van der Waals surface area contributed by atoms with Crippen molar-refractivity contribution in [2.75, 3.05) is 0 Å². The van der Waals surface area contributed by atoms with E-state index in [0.717, 1.165) is 48.6 Å². The molecule has 0 saturated heterocycles. The number of aromatic nitrogens is 1. The number of aromatic amines is 1. The number of nitrogens with two attached hydrogens (primary N) is 1. The second-order valence-corrected chi connectivity index (χ2v) is 18.0. The number of para-hydroxylation sites is 1. The summed E-state index contributed by atoms with van der Waals surface area (Å²) in [5.74, 6) is -4.65. The lowest BCUT2D eigenvalue weighted by molar-refractivity contribution is -0.140. The van der Waals surface area contributed by atoms with Crippen LogP contribution in [0.2, 0.25) is 0 Å². The highest BCUT2D eigenvalue weighted by Crippen LogP contribution is 2.27. The summed E-state index contributed by atoms with van der Waals surface area (Å²) in [6, 6.07) is 4.70. The molecule has 1 aromatic carbocycles. The molecule has 0 bridgehead atoms. The van der Waals surface area contributed by atoms with Crippen molar-refractivity contribution in [3.05, 3.63) is 36.0 Å². The Labute approximate surface area is 359 Å². The number of hydrogen-bond donors (Lipinski definition) is 9. The van der Waals surface area contributed by atoms with Gasteiger partial charge in [-0.3, -0.25) is 33.6 Å². The van der Waals surface area contributed by atoms with E-state index in [1.807, 2.05) is 58.2 Å². The summed E-state index contributed by atoms with van der Waals surface area (Å²) in [7, 11) is 0. The fraction of sp³-hybridized carbons (Fsp3) is 0.667. The van der Waals surface area contributed by atoms with E-state index >= 15 is 0 Å². The minimum Gasteiger partial charge on any atom is -0.481 e. The molecule has 1 heterocycles. The molecule has 2 aliphatic carbocycles. The molecule has 0 spiro atoms. The molecule has 8 atom stereocenters. The molecule has 0 aliphatic heterocycles. The van der Waals surface area contributed by atoms with Crippen LogP contribution >= 0.6 is 0 Å². The van der Waals surface area contributed by atoms with Gasteiger partial charge in [0.05, 0.1) is 18.3 Å². The van der Waals surface area contributed by atoms with Crippen molar-refractivity contribution in [2.45, 2.75) is 167 Å². The van der Waals surface area contributed by atoms with E-state index < -0.39 is 60.4 Å². The average molecular weight is 852 g/mol. The minimum atomic E-state index is -1.16. The number of carbonyl (C=O) groups is 7. The number of fused-ring (bicyclic) bond motifs is 1. The molecule has 338 valence electrons. The van der Waals surface area contributed by atoms with Gasteiger partial charge in [0.25, 0.3) is 0 Å². The zero-order chi connectivity index (χ0) is 44.6. The molecule has 2 fully saturated rings. The van der Waals surface area contributed by atoms with Crippen LogP contribution in [0.4, 0.5) is 0 Å². The number of nitrogens with one attached hydrogen (secondary N) is 6. The molecule has 4 rings (SSSR count). The number of H-pyrrole nitrogens is 1. The number of carbonyl (C=O) groups excluding carboxylic acids is 5. The van der Waals surface area contributed by atoms with Gasteiger partial charge in [-0.15, -0.1) is 0 Å². The second-order valence-electron chi connectivity index (χ2n) is 18.0. The third-order valence-electron chi connectivity index (χ3n) is 12.1. The first-order valence-corrected chi connectivity index (χ1v) is 22.2. The van der Waals surface area contributed by atoms with Gasteiger partial charge in [0.1, 0.15) is 0 Å². The number of hydrogen-bond acceptors (Lipinski definition) is 8. The average Bonchev–Trinajstić information content (AvgIpc) is 3.58. The molecule has 0 unspecified atom stereocenters. The van der Waals surface area contributed by atoms with Crippen LogP contribution in [0.15, 0.2) is 30.5 Å². The maximum atomic E-state index is 13.8. The lowest BCUT2D eigenvalue weighted by atomic mass is 9.83. The van der Waals surface area contributed by atoms with E-state index in [0.29, 0.717) is 32.1 Å². The van der Waals surface area contributed by atoms with Gasteiger partial charge < -0.3 is 47.5 Å². The van der Waals surface area contributed by atoms with Gasteiger partial charge in [-0.2, -0.15) is 0 Å². The third-order valence-corrected chi connectivity index (χ3v) is 12.1. The first-order chi connectivity index (χ1) is 29.0. The van der Waals surface area contributed by atoms with E-state index in [1.165, 1.54) is 0 Å². The summed E-state index contributed by atoms with van der Waals surface area (Å²) in [5, 5.41) is 34.3. The fourth-order valence-corrected chi connectivity index (χ4v) is 8.87. The topological polar surface area (TPSA) is 262 Å². The van der Waals surface area contributed by atoms with Crippen molar-refractivity contribution in [1.82, 2.24) is 31.6 Å². The fourth-order valence-electron chi connectivity index (χ4n) is 8.87. The van der Waals surface area contributed by atoms with Crippen LogP contribution in [0.3, 0.4) is 0 Å². The lowest BCUT2D eigenvalue weighted by Crippen LogP contribution is -2.52. The monoisotopic (exact) mass is 852 g/mol. The summed E-state index contributed by atoms with van der Waals surface area (Å²) in [5.41, 5.74) is 8.29. The first kappa shape index (κ1) is 48.7. The molecular weight excluding hydrogens is 783 g/mol. The van der Waals surface area contributed by atoms with Gasteiger partial charge in [-0.1, -0.05) is 71.6 Å². The quantitative estimate of drug-likeness (QED) is 0.0775. The van der Waals surface area contributed by atoms with Gasteiger partial charge in [0, 0.05) is 79.0 Å². The Balaban J connectivity index is 1.38. The Morgan fingerprint density at radius 1 is 0.705 bits per heavy atom. The van der Waals surface area contributed by atoms with E-state index in [4.69, 9.17) is 10.8 Å². The Morgan fingerprint density at radius 3 is 2.00 bits per heavy atom. The molecule has 16 nitrogen and oxygen atoms in total. The number of rotatable bonds is 23. The normalized spacial score (nSPS) is 21.2. The first-order valence-electron chi connectivity index (χ1n) is 22.2. The van der Waals surface area contributed by atoms with Crippen molar-refractivity contribution in [2.24, 2.45) is 29.4 Å². The maximum absolute atomic E-state index is 13.8. The predicted molar refractivity (Wildman–Crippen MR) is 231 cm³/mol. The van der Waals surface area contributed by atoms with Gasteiger partial charge in [-0.25, -0.2) is 0 Å². The predicted octanol–water partition coefficient (Wildman–Crippen LogP) is 4.05. The highest BCUT2D eigenvalue weighted by atomic mass is 16.4. The van der Waals surface area contributed by atoms with Crippen molar-refractivity contribution >= 4 is 52.4 Å². The Bertz CT molecular complexity index is 1810. The summed E-state index contributed by atoms with van der Waals surface area (Å²) in [6.07, 6.45) is 8.02. The summed E-state index contributed by atoms with van der Waals surface area (Å²) in [6.45, 7) is 7.76. The standard InChI is InChI=1S/C45H69N7O9/c1-26(2)19-30(21-39(53)48-29(23-43(58)59)17-18-42(56)57)49-45(61)34-13-7-10-16-37(34)51-41(55)24-38(27(3)4)52-40(54)22-31(50-44(60)33-12-5-8-14-35(33)46)20-28-25-47-36-15-9-6-11-32(28)36/h6,9,11,15,25-27,29-31,33-35,37-38,47H,5,7-8,10,12-14,16-24,46H2,1-4H3,(H,48,53)(H,49,61)(H,50,60)(H,51,55)(H,52,54)(H,56,57)(H,58,59)/t29-,30-,31-,33+,34+,35+,37+,38+/m0/s1. The summed E-state index contributed by atoms with van der Waals surface area (Å²) < 4.78 is 0. The Kier molecular flexibility index (Phi) is 19.0. The molecule has 2 saturated carbocycles. The largest absolute Gasteiger partial charge is 0.481 e. The van der Waals surface area contributed by atoms with Crippen molar-refractivity contribution in [3.63, 3.8) is 0 Å². The van der Waals surface area contributed by atoms with Crippen LogP contribution in [-0.4, -0.2) is 92.9 Å². The SMILES string of the molecule is CC(C)C[C@@H](CC(=O)N[C@@H](CCC(=O)O)CC(=O)O)NC(=O)[C@@H]1CCCC[C@H]1NC(=O)C[C@@H](NC(=O)C[C@H](Cc1c[nH]c2ccccc12)NC(=O)[C@@H]1CCCC[C@H]1N)C(C)C. The smallest absolute Gasteiger partial charge is 0.305 e. The van der Waals surface area contributed by atoms with Crippen molar-refractivity contribution in [1.29, 1.82) is 0 Å². The van der Waals surface area contributed by atoms with Crippen LogP contribution < -0.4 is 32.3 Å². The van der Waals surface area contributed by atoms with Gasteiger partial charge >= 0.3 is 11.9 Å². The molecule has 5 amide bonds. The number of amides is 5. The number of benzene rings is 1. The van der Waals surface area contributed by atoms with Crippen molar-refractivity contribution in [3.8, 4) is 0 Å². The molecule has 2 aliphatic rings. The van der Waals surface area contributed by atoms with Crippen molar-refractivity contribution < 1.29 is 43.8 Å². The van der Waals surface area contributed by atoms with E-state index in [9.17, 15) is 38.7 Å². The zero-order valence-electron chi connectivity index (χ0n) is 36.3. The second kappa shape index (κ2) is 23.9. The van der Waals surface area contributed by atoms with Crippen LogP contribution in [0.25, 0.3) is 10.9 Å². The molecule has 61 heavy (non-hydrogen) atoms. The molecule has 10 N–H and O–H groups in total. The Hall–Kier alpha value is -4.99. The maximum Gasteiger partial charge on any atom is 0.305 e. The third kappa shape index (κ3) is 16.1. The zero-order valence-corrected chi connectivity index (χ0v) is 36.3. The molecule has 2 aromatic rings. The van der Waals surface area contributed by atoms with Crippen LogP contribution in [0.5, 0.6) is 0 Å². The molecular formula is C45H69N7O9. The number of aliphatic carboxylic acids is 2.